The van der Waals surface area contributed by atoms with Crippen molar-refractivity contribution in [3.8, 4) is 0 Å². The summed E-state index contributed by atoms with van der Waals surface area (Å²) in [5.74, 6) is 0. The van der Waals surface area contributed by atoms with Crippen LogP contribution in [0, 0.1) is 404 Å². The van der Waals surface area contributed by atoms with Crippen molar-refractivity contribution in [2.45, 2.75) is 0 Å². The molecule has 0 saturated heterocycles. The average Bonchev–Trinajstić information content (AvgIpc) is 0. The van der Waals surface area contributed by atoms with Crippen molar-refractivity contribution in [2.75, 3.05) is 0 Å². The van der Waals surface area contributed by atoms with E-state index >= 15 is 0 Å². The maximum Gasteiger partial charge on any atom is 0 e. The molecule has 0 rings (SSSR count). The van der Waals surface area contributed by atoms with Crippen LogP contribution in [-0.2, 0) is 0 Å². The molecule has 0 bridgehead atoms. The van der Waals surface area contributed by atoms with Gasteiger partial charge in [-0.15, -0.1) is 0 Å². The Balaban J connectivity index is 0. The average molecular weight is 3090 g/mol. The van der Waals surface area contributed by atoms with Gasteiger partial charge in [0, 0.05) is 404 Å². The van der Waals surface area contributed by atoms with Crippen molar-refractivity contribution in [3.05, 3.63) is 0 Å². The minimum Gasteiger partial charge on any atom is 0 e. The van der Waals surface area contributed by atoms with Gasteiger partial charge in [-0.25, -0.2) is 0 Å². The molecule has 0 spiro atoms. The Morgan fingerprint density at radius 3 is 0.0769 bits per heavy atom. The fraction of sp³-hybridized carbons (Fsp3) is 0. The molecule has 0 aliphatic rings. The molecule has 0 aromatic carbocycles. The van der Waals surface area contributed by atoms with Crippen LogP contribution in [0.1, 0.15) is 0 Å². The van der Waals surface area contributed by atoms with Crippen molar-refractivity contribution >= 4 is 0 Å². The van der Waals surface area contributed by atoms with E-state index in [0.717, 1.165) is 0 Å². The van der Waals surface area contributed by atoms with Crippen LogP contribution in [0.2, 0.25) is 0 Å². The predicted octanol–water partition coefficient (Wildman–Crippen LogP) is 0. The molecule has 0 atom stereocenters. The van der Waals surface area contributed by atoms with Gasteiger partial charge < -0.3 is 0 Å². The summed E-state index contributed by atoms with van der Waals surface area (Å²) in [6.45, 7) is 0. The van der Waals surface area contributed by atoms with E-state index in [4.69, 9.17) is 0 Å². The molecule has 0 aromatic rings. The summed E-state index contributed by atoms with van der Waals surface area (Å²) in [6, 6.07) is 0. The van der Waals surface area contributed by atoms with Gasteiger partial charge in [-0.1, -0.05) is 0 Å². The third-order valence-electron chi connectivity index (χ3n) is 0. The Hall–Kier alpha value is 13.7. The van der Waals surface area contributed by atoms with Gasteiger partial charge in [0.25, 0.3) is 0 Å². The third-order valence-corrected chi connectivity index (χ3v) is 0. The van der Waals surface area contributed by atoms with E-state index in [2.05, 4.69) is 0 Å². The molecule has 0 N–H and O–H groups in total. The van der Waals surface area contributed by atoms with E-state index < -0.39 is 0 Å². The van der Waals surface area contributed by atoms with Crippen LogP contribution in [0.3, 0.4) is 0 Å². The van der Waals surface area contributed by atoms with E-state index in [-0.39, 0.29) is 404 Å². The van der Waals surface area contributed by atoms with Gasteiger partial charge in [-0.05, 0) is 0 Å². The molecule has 0 aliphatic carbocycles. The van der Waals surface area contributed by atoms with E-state index in [1.807, 2.05) is 0 Å². The van der Waals surface area contributed by atoms with Gasteiger partial charge in [0.15, 0.2) is 0 Å². The van der Waals surface area contributed by atoms with Crippen LogP contribution in [0.25, 0.3) is 0 Å². The number of hydrogen-bond donors (Lipinski definition) is 0. The van der Waals surface area contributed by atoms with Crippen LogP contribution in [0.4, 0.5) is 0 Å². The summed E-state index contributed by atoms with van der Waals surface area (Å²) >= 11 is 0. The Bertz CT molecular complexity index is 0. The van der Waals surface area contributed by atoms with Crippen LogP contribution in [-0.4, -0.2) is 0 Å². The standard InChI is InChI=1S/13U. The molecule has 0 unspecified atom stereocenters. The Labute approximate surface area is 390 Å². The van der Waals surface area contributed by atoms with Crippen molar-refractivity contribution in [1.29, 1.82) is 0 Å². The monoisotopic (exact) mass is 3090 g/mol. The zero-order valence-corrected chi connectivity index (χ0v) is 60.6. The van der Waals surface area contributed by atoms with Crippen molar-refractivity contribution < 1.29 is 404 Å². The van der Waals surface area contributed by atoms with Gasteiger partial charge in [-0.3, -0.25) is 0 Å². The summed E-state index contributed by atoms with van der Waals surface area (Å²) in [5.41, 5.74) is 0. The molecule has 0 radical (unpaired) electrons. The molecule has 0 aliphatic heterocycles. The van der Waals surface area contributed by atoms with E-state index in [0.29, 0.717) is 0 Å². The van der Waals surface area contributed by atoms with Gasteiger partial charge in [0.1, 0.15) is 0 Å². The van der Waals surface area contributed by atoms with Crippen LogP contribution >= 0.6 is 0 Å². The van der Waals surface area contributed by atoms with E-state index in [9.17, 15) is 0 Å². The molecule has 52 valence electrons. The molecule has 0 nitrogen and oxygen atoms in total. The first kappa shape index (κ1) is 94.0. The molecule has 13 heteroatoms. The summed E-state index contributed by atoms with van der Waals surface area (Å²) in [4.78, 5) is 0. The van der Waals surface area contributed by atoms with Gasteiger partial charge >= 0.3 is 0 Å². The number of rotatable bonds is 0. The molecular weight excluding hydrogens is 3090 g/mol. The maximum absolute atomic E-state index is 0. The summed E-state index contributed by atoms with van der Waals surface area (Å²) in [6.07, 6.45) is 0. The first-order valence-electron chi connectivity index (χ1n) is 0. The summed E-state index contributed by atoms with van der Waals surface area (Å²) < 4.78 is 0. The van der Waals surface area contributed by atoms with Gasteiger partial charge in [0.05, 0.1) is 0 Å². The number of hydrogen-bond acceptors (Lipinski definition) is 0. The van der Waals surface area contributed by atoms with Crippen molar-refractivity contribution in [2.24, 2.45) is 0 Å². The van der Waals surface area contributed by atoms with Crippen LogP contribution in [0.15, 0.2) is 0 Å². The predicted molar refractivity (Wildman–Crippen MR) is 0 cm³/mol. The minimum absolute atomic E-state index is 0. The van der Waals surface area contributed by atoms with Crippen molar-refractivity contribution in [1.82, 2.24) is 0 Å². The van der Waals surface area contributed by atoms with Crippen LogP contribution in [0.5, 0.6) is 0 Å². The second kappa shape index (κ2) is 83.6. The minimum atomic E-state index is 0. The molecule has 0 saturated carbocycles. The fourth-order valence-corrected chi connectivity index (χ4v) is 0. The largest absolute Gasteiger partial charge is 0 e. The van der Waals surface area contributed by atoms with Gasteiger partial charge in [0.2, 0.25) is 0 Å². The smallest absolute Gasteiger partial charge is 0 e. The Kier molecular flexibility index (Phi) is 605. The zero-order chi connectivity index (χ0) is 0. The first-order chi connectivity index (χ1) is 0. The molecule has 0 aromatic heterocycles. The fourth-order valence-electron chi connectivity index (χ4n) is 0. The SMILES string of the molecule is [U].[U].[U].[U].[U].[U].[U].[U].[U].[U].[U].[U].[U]. The molecule has 13 heavy (non-hydrogen) atoms. The zero-order valence-electron chi connectivity index (χ0n) is 6.50. The first-order valence-corrected chi connectivity index (χ1v) is 0. The normalized spacial score (nSPS) is 0. The molecule has 0 fully saturated rings. The molecule has 0 heterocycles. The quantitative estimate of drug-likeness (QED) is 0.321. The topological polar surface area (TPSA) is 0 Å². The second-order valence-electron chi connectivity index (χ2n) is 0. The Morgan fingerprint density at radius 1 is 0.0769 bits per heavy atom. The second-order valence-corrected chi connectivity index (χ2v) is 0. The van der Waals surface area contributed by atoms with Crippen LogP contribution < -0.4 is 0 Å². The van der Waals surface area contributed by atoms with Crippen molar-refractivity contribution in [3.63, 3.8) is 0 Å². The Morgan fingerprint density at radius 2 is 0.0769 bits per heavy atom. The van der Waals surface area contributed by atoms with E-state index in [1.54, 1.807) is 0 Å². The molecular formula is U13. The summed E-state index contributed by atoms with van der Waals surface area (Å²) in [5, 5.41) is 0. The summed E-state index contributed by atoms with van der Waals surface area (Å²) in [7, 11) is 0. The molecule has 0 amide bonds. The van der Waals surface area contributed by atoms with Gasteiger partial charge in [-0.2, -0.15) is 0 Å². The third kappa shape index (κ3) is 77.0. The maximum atomic E-state index is 0. The van der Waals surface area contributed by atoms with E-state index in [1.165, 1.54) is 0 Å².